The highest BCUT2D eigenvalue weighted by Crippen LogP contribution is 2.26. The molecule has 0 fully saturated rings. The Morgan fingerprint density at radius 2 is 1.93 bits per heavy atom. The highest BCUT2D eigenvalue weighted by Gasteiger charge is 2.14. The number of nitrogens with one attached hydrogen (secondary N) is 1. The molecule has 4 aromatic rings. The minimum Gasteiger partial charge on any atom is -0.351 e. The van der Waals surface area contributed by atoms with Gasteiger partial charge in [0.2, 0.25) is 11.1 Å². The third-order valence-electron chi connectivity index (χ3n) is 4.44. The van der Waals surface area contributed by atoms with Gasteiger partial charge in [-0.05, 0) is 24.6 Å². The van der Waals surface area contributed by atoms with Crippen LogP contribution in [0.2, 0.25) is 5.02 Å². The second-order valence-corrected chi connectivity index (χ2v) is 7.53. The molecule has 1 N–H and O–H groups in total. The van der Waals surface area contributed by atoms with Crippen molar-refractivity contribution in [1.82, 2.24) is 25.1 Å². The van der Waals surface area contributed by atoms with E-state index >= 15 is 0 Å². The highest BCUT2D eigenvalue weighted by molar-refractivity contribution is 7.99. The van der Waals surface area contributed by atoms with Gasteiger partial charge in [0.05, 0.1) is 11.3 Å². The van der Waals surface area contributed by atoms with Gasteiger partial charge in [-0.15, -0.1) is 10.2 Å². The Labute approximate surface area is 171 Å². The van der Waals surface area contributed by atoms with Crippen LogP contribution in [0.25, 0.3) is 22.1 Å². The zero-order chi connectivity index (χ0) is 19.5. The summed E-state index contributed by atoms with van der Waals surface area (Å²) in [7, 11) is 0. The number of rotatable bonds is 6. The number of benzene rings is 2. The quantitative estimate of drug-likeness (QED) is 0.484. The average Bonchev–Trinajstić information content (AvgIpc) is 3.04. The molecule has 2 heterocycles. The largest absolute Gasteiger partial charge is 0.351 e. The molecule has 142 valence electrons. The summed E-state index contributed by atoms with van der Waals surface area (Å²) in [4.78, 5) is 16.8. The van der Waals surface area contributed by atoms with Crippen molar-refractivity contribution in [2.24, 2.45) is 0 Å². The molecule has 0 spiro atoms. The first kappa shape index (κ1) is 18.7. The van der Waals surface area contributed by atoms with Crippen molar-refractivity contribution in [2.75, 3.05) is 5.75 Å². The fraction of sp³-hybridized carbons (Fsp3) is 0.200. The number of hydrogen-bond donors (Lipinski definition) is 1. The van der Waals surface area contributed by atoms with E-state index in [0.717, 1.165) is 34.2 Å². The summed E-state index contributed by atoms with van der Waals surface area (Å²) in [6.07, 6.45) is 0. The van der Waals surface area contributed by atoms with Gasteiger partial charge >= 0.3 is 0 Å². The van der Waals surface area contributed by atoms with E-state index in [9.17, 15) is 4.79 Å². The number of hydrogen-bond acceptors (Lipinski definition) is 5. The van der Waals surface area contributed by atoms with Crippen molar-refractivity contribution >= 4 is 51.3 Å². The molecule has 0 radical (unpaired) electrons. The molecule has 2 aromatic heterocycles. The van der Waals surface area contributed by atoms with Crippen LogP contribution in [0.15, 0.2) is 53.7 Å². The van der Waals surface area contributed by atoms with Crippen molar-refractivity contribution < 1.29 is 4.79 Å². The van der Waals surface area contributed by atoms with E-state index < -0.39 is 0 Å². The van der Waals surface area contributed by atoms with E-state index in [2.05, 4.69) is 38.1 Å². The molecule has 28 heavy (non-hydrogen) atoms. The average molecular weight is 412 g/mol. The molecule has 0 atom stereocenters. The van der Waals surface area contributed by atoms with Crippen LogP contribution in [-0.2, 0) is 17.9 Å². The molecule has 0 unspecified atom stereocenters. The first-order valence-corrected chi connectivity index (χ1v) is 10.3. The predicted octanol–water partition coefficient (Wildman–Crippen LogP) is 4.06. The molecular formula is C20H18ClN5OS. The number of amides is 1. The lowest BCUT2D eigenvalue weighted by Gasteiger charge is -2.06. The summed E-state index contributed by atoms with van der Waals surface area (Å²) in [6, 6.07) is 15.5. The van der Waals surface area contributed by atoms with Crippen LogP contribution in [0.1, 0.15) is 12.5 Å². The Kier molecular flexibility index (Phi) is 5.45. The van der Waals surface area contributed by atoms with Crippen molar-refractivity contribution in [2.45, 2.75) is 25.2 Å². The number of fused-ring (bicyclic) bond motifs is 3. The van der Waals surface area contributed by atoms with Crippen LogP contribution in [0.4, 0.5) is 0 Å². The van der Waals surface area contributed by atoms with Crippen LogP contribution >= 0.6 is 23.4 Å². The number of aryl methyl sites for hydroxylation is 1. The minimum atomic E-state index is -0.107. The van der Waals surface area contributed by atoms with Crippen LogP contribution in [0, 0.1) is 0 Å². The second-order valence-electron chi connectivity index (χ2n) is 6.18. The van der Waals surface area contributed by atoms with Crippen LogP contribution < -0.4 is 5.32 Å². The lowest BCUT2D eigenvalue weighted by atomic mass is 10.2. The lowest BCUT2D eigenvalue weighted by molar-refractivity contribution is -0.118. The molecule has 8 heteroatoms. The van der Waals surface area contributed by atoms with E-state index in [1.807, 2.05) is 36.4 Å². The number of aromatic nitrogens is 4. The molecule has 2 aromatic carbocycles. The zero-order valence-corrected chi connectivity index (χ0v) is 16.8. The SMILES string of the molecule is CCn1c2ccccc2c2nnc(SCC(=O)NCc3ccccc3Cl)nc21. The summed E-state index contributed by atoms with van der Waals surface area (Å²) < 4.78 is 2.11. The van der Waals surface area contributed by atoms with Crippen molar-refractivity contribution in [3.05, 3.63) is 59.1 Å². The Balaban J connectivity index is 1.47. The molecule has 1 amide bonds. The summed E-state index contributed by atoms with van der Waals surface area (Å²) in [5.74, 6) is 0.105. The molecule has 0 aliphatic rings. The number of thioether (sulfide) groups is 1. The molecule has 0 bridgehead atoms. The summed E-state index contributed by atoms with van der Waals surface area (Å²) >= 11 is 7.38. The standard InChI is InChI=1S/C20H18ClN5OS/c1-2-26-16-10-6-4-8-14(16)18-19(26)23-20(25-24-18)28-12-17(27)22-11-13-7-3-5-9-15(13)21/h3-10H,2,11-12H2,1H3,(H,22,27). The third kappa shape index (κ3) is 3.68. The highest BCUT2D eigenvalue weighted by atomic mass is 35.5. The van der Waals surface area contributed by atoms with Crippen LogP contribution in [0.5, 0.6) is 0 Å². The van der Waals surface area contributed by atoms with Gasteiger partial charge in [-0.25, -0.2) is 4.98 Å². The van der Waals surface area contributed by atoms with E-state index in [-0.39, 0.29) is 11.7 Å². The maximum atomic E-state index is 12.2. The Morgan fingerprint density at radius 3 is 2.75 bits per heavy atom. The smallest absolute Gasteiger partial charge is 0.230 e. The van der Waals surface area contributed by atoms with E-state index in [4.69, 9.17) is 11.6 Å². The van der Waals surface area contributed by atoms with Crippen molar-refractivity contribution in [1.29, 1.82) is 0 Å². The normalized spacial score (nSPS) is 11.2. The third-order valence-corrected chi connectivity index (χ3v) is 5.64. The maximum absolute atomic E-state index is 12.2. The predicted molar refractivity (Wildman–Crippen MR) is 113 cm³/mol. The topological polar surface area (TPSA) is 72.7 Å². The van der Waals surface area contributed by atoms with Crippen LogP contribution in [-0.4, -0.2) is 31.4 Å². The second kappa shape index (κ2) is 8.16. The monoisotopic (exact) mass is 411 g/mol. The molecule has 0 aliphatic carbocycles. The fourth-order valence-corrected chi connectivity index (χ4v) is 3.90. The zero-order valence-electron chi connectivity index (χ0n) is 15.2. The Morgan fingerprint density at radius 1 is 1.14 bits per heavy atom. The van der Waals surface area contributed by atoms with Gasteiger partial charge in [0.1, 0.15) is 5.52 Å². The number of carbonyl (C=O) groups is 1. The van der Waals surface area contributed by atoms with Crippen molar-refractivity contribution in [3.8, 4) is 0 Å². The first-order chi connectivity index (χ1) is 13.7. The maximum Gasteiger partial charge on any atom is 0.230 e. The van der Waals surface area contributed by atoms with Gasteiger partial charge in [-0.1, -0.05) is 59.8 Å². The van der Waals surface area contributed by atoms with E-state index in [1.165, 1.54) is 11.8 Å². The van der Waals surface area contributed by atoms with Gasteiger partial charge in [0.15, 0.2) is 5.65 Å². The summed E-state index contributed by atoms with van der Waals surface area (Å²) in [5.41, 5.74) is 3.54. The van der Waals surface area contributed by atoms with Gasteiger partial charge in [-0.3, -0.25) is 4.79 Å². The van der Waals surface area contributed by atoms with Gasteiger partial charge in [-0.2, -0.15) is 0 Å². The van der Waals surface area contributed by atoms with Crippen LogP contribution in [0.3, 0.4) is 0 Å². The van der Waals surface area contributed by atoms with Crippen molar-refractivity contribution in [3.63, 3.8) is 0 Å². The number of para-hydroxylation sites is 1. The van der Waals surface area contributed by atoms with E-state index in [1.54, 1.807) is 6.07 Å². The Bertz CT molecular complexity index is 1160. The Hall–Kier alpha value is -2.64. The molecule has 6 nitrogen and oxygen atoms in total. The number of nitrogens with zero attached hydrogens (tertiary/aromatic N) is 4. The molecular weight excluding hydrogens is 394 g/mol. The molecule has 0 saturated carbocycles. The van der Waals surface area contributed by atoms with Gasteiger partial charge in [0.25, 0.3) is 0 Å². The molecule has 4 rings (SSSR count). The fourth-order valence-electron chi connectivity index (χ4n) is 3.09. The molecule has 0 aliphatic heterocycles. The number of carbonyl (C=O) groups excluding carboxylic acids is 1. The summed E-state index contributed by atoms with van der Waals surface area (Å²) in [5, 5.41) is 13.6. The number of halogens is 1. The molecule has 0 saturated heterocycles. The lowest BCUT2D eigenvalue weighted by Crippen LogP contribution is -2.24. The summed E-state index contributed by atoms with van der Waals surface area (Å²) in [6.45, 7) is 3.25. The first-order valence-electron chi connectivity index (χ1n) is 8.92. The van der Waals surface area contributed by atoms with Gasteiger partial charge in [0, 0.05) is 23.5 Å². The van der Waals surface area contributed by atoms with E-state index in [0.29, 0.717) is 16.7 Å². The minimum absolute atomic E-state index is 0.107. The van der Waals surface area contributed by atoms with Gasteiger partial charge < -0.3 is 9.88 Å².